The first-order valence-electron chi connectivity index (χ1n) is 4.90. The van der Waals surface area contributed by atoms with E-state index in [1.54, 1.807) is 7.05 Å². The average Bonchev–Trinajstić information content (AvgIpc) is 2.15. The lowest BCUT2D eigenvalue weighted by Crippen LogP contribution is -2.27. The van der Waals surface area contributed by atoms with Crippen LogP contribution in [0.2, 0.25) is 0 Å². The molecule has 1 aromatic carbocycles. The summed E-state index contributed by atoms with van der Waals surface area (Å²) >= 11 is 0. The van der Waals surface area contributed by atoms with Crippen molar-refractivity contribution in [3.05, 3.63) is 29.8 Å². The molecule has 0 aliphatic heterocycles. The number of para-hydroxylation sites is 1. The smallest absolute Gasteiger partial charge is 0.411 e. The summed E-state index contributed by atoms with van der Waals surface area (Å²) in [5, 5.41) is 8.95. The van der Waals surface area contributed by atoms with Crippen LogP contribution in [0.15, 0.2) is 24.3 Å². The number of anilines is 1. The molecule has 1 N–H and O–H groups in total. The van der Waals surface area contributed by atoms with Gasteiger partial charge in [-0.05, 0) is 17.0 Å². The van der Waals surface area contributed by atoms with Gasteiger partial charge in [-0.15, -0.1) is 0 Å². The van der Waals surface area contributed by atoms with Crippen LogP contribution in [-0.2, 0) is 5.41 Å². The maximum Gasteiger partial charge on any atom is 0.411 e. The first-order chi connectivity index (χ1) is 6.84. The van der Waals surface area contributed by atoms with Gasteiger partial charge in [0.15, 0.2) is 0 Å². The van der Waals surface area contributed by atoms with E-state index in [2.05, 4.69) is 20.8 Å². The highest BCUT2D eigenvalue weighted by atomic mass is 16.4. The van der Waals surface area contributed by atoms with Crippen molar-refractivity contribution in [2.45, 2.75) is 26.2 Å². The molecule has 0 bridgehead atoms. The van der Waals surface area contributed by atoms with Crippen LogP contribution in [0.5, 0.6) is 0 Å². The summed E-state index contributed by atoms with van der Waals surface area (Å²) in [6, 6.07) is 7.58. The van der Waals surface area contributed by atoms with E-state index in [1.165, 1.54) is 4.90 Å². The number of benzene rings is 1. The second kappa shape index (κ2) is 3.93. The molecule has 82 valence electrons. The normalized spacial score (nSPS) is 11.2. The molecule has 0 heterocycles. The van der Waals surface area contributed by atoms with Crippen LogP contribution in [0.25, 0.3) is 0 Å². The number of hydrogen-bond acceptors (Lipinski definition) is 1. The van der Waals surface area contributed by atoms with Crippen molar-refractivity contribution in [3.8, 4) is 0 Å². The predicted octanol–water partition coefficient (Wildman–Crippen LogP) is 3.10. The highest BCUT2D eigenvalue weighted by Gasteiger charge is 2.21. The van der Waals surface area contributed by atoms with E-state index in [1.807, 2.05) is 24.3 Å². The molecule has 0 aliphatic carbocycles. The minimum Gasteiger partial charge on any atom is -0.465 e. The lowest BCUT2D eigenvalue weighted by Gasteiger charge is -2.26. The molecular weight excluding hydrogens is 190 g/mol. The first-order valence-corrected chi connectivity index (χ1v) is 4.90. The van der Waals surface area contributed by atoms with Crippen LogP contribution in [0, 0.1) is 0 Å². The zero-order chi connectivity index (χ0) is 11.6. The Balaban J connectivity index is 3.24. The van der Waals surface area contributed by atoms with Crippen molar-refractivity contribution in [2.75, 3.05) is 11.9 Å². The molecular formula is C12H17NO2. The van der Waals surface area contributed by atoms with Gasteiger partial charge in [-0.1, -0.05) is 39.0 Å². The molecule has 0 atom stereocenters. The fraction of sp³-hybridized carbons (Fsp3) is 0.417. The Bertz CT molecular complexity index is 366. The number of carboxylic acid groups (broad SMARTS) is 1. The van der Waals surface area contributed by atoms with Crippen molar-refractivity contribution in [3.63, 3.8) is 0 Å². The van der Waals surface area contributed by atoms with Gasteiger partial charge in [0.2, 0.25) is 0 Å². The largest absolute Gasteiger partial charge is 0.465 e. The highest BCUT2D eigenvalue weighted by molar-refractivity contribution is 5.86. The second-order valence-corrected chi connectivity index (χ2v) is 4.61. The minimum absolute atomic E-state index is 0.0553. The number of carbonyl (C=O) groups is 1. The van der Waals surface area contributed by atoms with E-state index in [0.717, 1.165) is 11.3 Å². The van der Waals surface area contributed by atoms with Crippen LogP contribution >= 0.6 is 0 Å². The summed E-state index contributed by atoms with van der Waals surface area (Å²) in [7, 11) is 1.56. The summed E-state index contributed by atoms with van der Waals surface area (Å²) in [5.41, 5.74) is 1.73. The molecule has 0 fully saturated rings. The van der Waals surface area contributed by atoms with Gasteiger partial charge in [0.05, 0.1) is 5.69 Å². The third kappa shape index (κ3) is 2.49. The van der Waals surface area contributed by atoms with Gasteiger partial charge >= 0.3 is 6.09 Å². The lowest BCUT2D eigenvalue weighted by molar-refractivity contribution is 0.203. The Hall–Kier alpha value is -1.51. The molecule has 0 saturated carbocycles. The number of rotatable bonds is 1. The van der Waals surface area contributed by atoms with Crippen LogP contribution in [0.1, 0.15) is 26.3 Å². The molecule has 0 aliphatic rings. The van der Waals surface area contributed by atoms with Gasteiger partial charge in [0.1, 0.15) is 0 Å². The maximum atomic E-state index is 10.9. The standard InChI is InChI=1S/C12H17NO2/c1-12(2,3)9-7-5-6-8-10(9)13(4)11(14)15/h5-8H,1-4H3,(H,14,15). The average molecular weight is 207 g/mol. The van der Waals surface area contributed by atoms with Gasteiger partial charge in [0.25, 0.3) is 0 Å². The molecule has 1 aromatic rings. The molecule has 0 radical (unpaired) electrons. The van der Waals surface area contributed by atoms with Gasteiger partial charge in [0, 0.05) is 7.05 Å². The van der Waals surface area contributed by atoms with Gasteiger partial charge in [-0.3, -0.25) is 4.90 Å². The Kier molecular flexibility index (Phi) is 3.03. The number of amides is 1. The topological polar surface area (TPSA) is 40.5 Å². The highest BCUT2D eigenvalue weighted by Crippen LogP contribution is 2.31. The van der Waals surface area contributed by atoms with Gasteiger partial charge < -0.3 is 5.11 Å². The van der Waals surface area contributed by atoms with Gasteiger partial charge in [-0.2, -0.15) is 0 Å². The van der Waals surface area contributed by atoms with Crippen molar-refractivity contribution < 1.29 is 9.90 Å². The molecule has 1 rings (SSSR count). The van der Waals surface area contributed by atoms with Crippen LogP contribution < -0.4 is 4.90 Å². The molecule has 0 unspecified atom stereocenters. The summed E-state index contributed by atoms with van der Waals surface area (Å²) in [4.78, 5) is 12.2. The first kappa shape index (κ1) is 11.6. The van der Waals surface area contributed by atoms with Crippen LogP contribution in [-0.4, -0.2) is 18.2 Å². The van der Waals surface area contributed by atoms with E-state index in [0.29, 0.717) is 0 Å². The molecule has 3 nitrogen and oxygen atoms in total. The molecule has 0 saturated heterocycles. The van der Waals surface area contributed by atoms with E-state index in [-0.39, 0.29) is 5.41 Å². The SMILES string of the molecule is CN(C(=O)O)c1ccccc1C(C)(C)C. The third-order valence-corrected chi connectivity index (χ3v) is 2.36. The molecule has 0 aromatic heterocycles. The Labute approximate surface area is 90.3 Å². The molecule has 3 heteroatoms. The molecule has 15 heavy (non-hydrogen) atoms. The van der Waals surface area contributed by atoms with Crippen LogP contribution in [0.4, 0.5) is 10.5 Å². The zero-order valence-electron chi connectivity index (χ0n) is 9.61. The number of nitrogens with zero attached hydrogens (tertiary/aromatic N) is 1. The van der Waals surface area contributed by atoms with E-state index in [4.69, 9.17) is 5.11 Å². The lowest BCUT2D eigenvalue weighted by atomic mass is 9.85. The monoisotopic (exact) mass is 207 g/mol. The van der Waals surface area contributed by atoms with E-state index in [9.17, 15) is 4.79 Å². The Morgan fingerprint density at radius 2 is 1.80 bits per heavy atom. The van der Waals surface area contributed by atoms with Crippen molar-refractivity contribution in [1.82, 2.24) is 0 Å². The quantitative estimate of drug-likeness (QED) is 0.768. The predicted molar refractivity (Wildman–Crippen MR) is 61.6 cm³/mol. The second-order valence-electron chi connectivity index (χ2n) is 4.61. The summed E-state index contributed by atoms with van der Waals surface area (Å²) in [6.07, 6.45) is -0.938. The minimum atomic E-state index is -0.938. The van der Waals surface area contributed by atoms with Crippen molar-refractivity contribution in [2.24, 2.45) is 0 Å². The number of hydrogen-bond donors (Lipinski definition) is 1. The van der Waals surface area contributed by atoms with Crippen molar-refractivity contribution >= 4 is 11.8 Å². The fourth-order valence-corrected chi connectivity index (χ4v) is 1.50. The molecule has 1 amide bonds. The summed E-state index contributed by atoms with van der Waals surface area (Å²) in [5.74, 6) is 0. The maximum absolute atomic E-state index is 10.9. The van der Waals surface area contributed by atoms with Crippen LogP contribution in [0.3, 0.4) is 0 Å². The van der Waals surface area contributed by atoms with Crippen molar-refractivity contribution in [1.29, 1.82) is 0 Å². The summed E-state index contributed by atoms with van der Waals surface area (Å²) < 4.78 is 0. The Morgan fingerprint density at radius 3 is 2.27 bits per heavy atom. The summed E-state index contributed by atoms with van der Waals surface area (Å²) in [6.45, 7) is 6.21. The van der Waals surface area contributed by atoms with E-state index < -0.39 is 6.09 Å². The fourth-order valence-electron chi connectivity index (χ4n) is 1.50. The third-order valence-electron chi connectivity index (χ3n) is 2.36. The van der Waals surface area contributed by atoms with Gasteiger partial charge in [-0.25, -0.2) is 4.79 Å². The Morgan fingerprint density at radius 1 is 1.27 bits per heavy atom. The zero-order valence-corrected chi connectivity index (χ0v) is 9.61. The van der Waals surface area contributed by atoms with E-state index >= 15 is 0 Å². The molecule has 0 spiro atoms.